The predicted octanol–water partition coefficient (Wildman–Crippen LogP) is 4.43. The first-order chi connectivity index (χ1) is 9.98. The number of halogens is 3. The monoisotopic (exact) mass is 351 g/mol. The van der Waals surface area contributed by atoms with E-state index in [-0.39, 0.29) is 11.5 Å². The molecule has 1 aliphatic rings. The second kappa shape index (κ2) is 5.01. The molecule has 0 N–H and O–H groups in total. The van der Waals surface area contributed by atoms with Crippen LogP contribution in [-0.2, 0) is 0 Å². The van der Waals surface area contributed by atoms with E-state index in [1.54, 1.807) is 12.1 Å². The Kier molecular flexibility index (Phi) is 3.30. The lowest BCUT2D eigenvalue weighted by Gasteiger charge is -2.11. The summed E-state index contributed by atoms with van der Waals surface area (Å²) in [6, 6.07) is 13.8. The second-order valence-corrected chi connectivity index (χ2v) is 5.41. The molecule has 0 aliphatic carbocycles. The second-order valence-electron chi connectivity index (χ2n) is 4.49. The van der Waals surface area contributed by atoms with Crippen molar-refractivity contribution >= 4 is 15.9 Å². The first kappa shape index (κ1) is 13.8. The average molecular weight is 352 g/mol. The Morgan fingerprint density at radius 1 is 1.05 bits per heavy atom. The van der Waals surface area contributed by atoms with Crippen molar-refractivity contribution in [2.24, 2.45) is 0 Å². The van der Waals surface area contributed by atoms with E-state index < -0.39 is 12.2 Å². The summed E-state index contributed by atoms with van der Waals surface area (Å²) in [7, 11) is 0. The molecular formula is C15H8BrF2NO2. The van der Waals surface area contributed by atoms with Crippen LogP contribution in [0.1, 0.15) is 17.0 Å². The van der Waals surface area contributed by atoms with E-state index in [0.29, 0.717) is 5.56 Å². The topological polar surface area (TPSA) is 42.2 Å². The number of alkyl halides is 2. The van der Waals surface area contributed by atoms with Gasteiger partial charge in [-0.2, -0.15) is 5.26 Å². The average Bonchev–Trinajstić information content (AvgIpc) is 2.73. The highest BCUT2D eigenvalue weighted by atomic mass is 79.9. The van der Waals surface area contributed by atoms with E-state index >= 15 is 0 Å². The van der Waals surface area contributed by atoms with E-state index in [4.69, 9.17) is 0 Å². The Morgan fingerprint density at radius 3 is 2.48 bits per heavy atom. The third-order valence-electron chi connectivity index (χ3n) is 3.07. The van der Waals surface area contributed by atoms with Gasteiger partial charge < -0.3 is 9.47 Å². The molecule has 0 saturated carbocycles. The fourth-order valence-corrected chi connectivity index (χ4v) is 2.59. The molecule has 6 heteroatoms. The number of ether oxygens (including phenoxy) is 2. The number of nitrogens with zero attached hydrogens (tertiary/aromatic N) is 1. The Labute approximate surface area is 127 Å². The third-order valence-corrected chi connectivity index (χ3v) is 3.56. The Morgan fingerprint density at radius 2 is 1.76 bits per heavy atom. The van der Waals surface area contributed by atoms with Gasteiger partial charge in [-0.15, -0.1) is 8.78 Å². The maximum atomic E-state index is 13.0. The van der Waals surface area contributed by atoms with Crippen LogP contribution in [-0.4, -0.2) is 6.29 Å². The molecule has 3 nitrogen and oxygen atoms in total. The van der Waals surface area contributed by atoms with Crippen LogP contribution in [0.15, 0.2) is 46.9 Å². The van der Waals surface area contributed by atoms with Gasteiger partial charge in [0.05, 0.1) is 12.0 Å². The van der Waals surface area contributed by atoms with Crippen LogP contribution in [0.2, 0.25) is 0 Å². The normalized spacial score (nSPS) is 16.3. The first-order valence-corrected chi connectivity index (χ1v) is 6.83. The standard InChI is InChI=1S/C15H8BrF2NO2/c16-11-3-1-2-9(6-11)12(8-19)10-4-5-13-14(7-10)21-15(17,18)20-13/h1-7,12H. The maximum absolute atomic E-state index is 13.0. The molecule has 0 fully saturated rings. The predicted molar refractivity (Wildman–Crippen MR) is 74.2 cm³/mol. The van der Waals surface area contributed by atoms with Crippen molar-refractivity contribution in [3.8, 4) is 17.6 Å². The molecular weight excluding hydrogens is 344 g/mol. The zero-order chi connectivity index (χ0) is 15.0. The SMILES string of the molecule is N#CC(c1cccc(Br)c1)c1ccc2c(c1)OC(F)(F)O2. The zero-order valence-electron chi connectivity index (χ0n) is 10.5. The number of hydrogen-bond acceptors (Lipinski definition) is 3. The van der Waals surface area contributed by atoms with Crippen LogP contribution in [0.25, 0.3) is 0 Å². The quantitative estimate of drug-likeness (QED) is 0.803. The van der Waals surface area contributed by atoms with E-state index in [1.807, 2.05) is 18.2 Å². The molecule has 1 aliphatic heterocycles. The van der Waals surface area contributed by atoms with Crippen molar-refractivity contribution in [1.29, 1.82) is 5.26 Å². The Hall–Kier alpha value is -2.13. The lowest BCUT2D eigenvalue weighted by Crippen LogP contribution is -2.25. The third kappa shape index (κ3) is 2.69. The summed E-state index contributed by atoms with van der Waals surface area (Å²) in [5.74, 6) is -0.673. The maximum Gasteiger partial charge on any atom is 0.586 e. The molecule has 0 saturated heterocycles. The van der Waals surface area contributed by atoms with Crippen molar-refractivity contribution < 1.29 is 18.3 Å². The van der Waals surface area contributed by atoms with Crippen molar-refractivity contribution in [2.75, 3.05) is 0 Å². The van der Waals surface area contributed by atoms with Gasteiger partial charge in [-0.05, 0) is 35.4 Å². The van der Waals surface area contributed by atoms with Crippen molar-refractivity contribution in [1.82, 2.24) is 0 Å². The van der Waals surface area contributed by atoms with E-state index in [9.17, 15) is 14.0 Å². The summed E-state index contributed by atoms with van der Waals surface area (Å²) < 4.78 is 35.6. The molecule has 21 heavy (non-hydrogen) atoms. The largest absolute Gasteiger partial charge is 0.586 e. The van der Waals surface area contributed by atoms with Gasteiger partial charge in [0.25, 0.3) is 0 Å². The van der Waals surface area contributed by atoms with Crippen LogP contribution in [0.3, 0.4) is 0 Å². The summed E-state index contributed by atoms with van der Waals surface area (Å²) in [5, 5.41) is 9.39. The lowest BCUT2D eigenvalue weighted by molar-refractivity contribution is -0.286. The fraction of sp³-hybridized carbons (Fsp3) is 0.133. The summed E-state index contributed by atoms with van der Waals surface area (Å²) >= 11 is 3.34. The summed E-state index contributed by atoms with van der Waals surface area (Å²) in [6.07, 6.45) is -3.65. The van der Waals surface area contributed by atoms with Crippen LogP contribution >= 0.6 is 15.9 Å². The smallest absolute Gasteiger partial charge is 0.395 e. The molecule has 1 atom stereocenters. The number of rotatable bonds is 2. The molecule has 0 radical (unpaired) electrons. The Balaban J connectivity index is 1.99. The summed E-state index contributed by atoms with van der Waals surface area (Å²) in [6.45, 7) is 0. The molecule has 2 aromatic rings. The Bertz CT molecular complexity index is 743. The zero-order valence-corrected chi connectivity index (χ0v) is 12.1. The van der Waals surface area contributed by atoms with Gasteiger partial charge in [-0.25, -0.2) is 0 Å². The van der Waals surface area contributed by atoms with E-state index in [2.05, 4.69) is 31.5 Å². The van der Waals surface area contributed by atoms with Crippen molar-refractivity contribution in [2.45, 2.75) is 12.2 Å². The van der Waals surface area contributed by atoms with Crippen molar-refractivity contribution in [3.05, 3.63) is 58.1 Å². The minimum absolute atomic E-state index is 0.0327. The van der Waals surface area contributed by atoms with Gasteiger partial charge in [0.15, 0.2) is 11.5 Å². The van der Waals surface area contributed by atoms with Crippen LogP contribution < -0.4 is 9.47 Å². The summed E-state index contributed by atoms with van der Waals surface area (Å²) in [4.78, 5) is 0. The van der Waals surface area contributed by atoms with E-state index in [0.717, 1.165) is 10.0 Å². The molecule has 0 aromatic heterocycles. The fourth-order valence-electron chi connectivity index (χ4n) is 2.17. The highest BCUT2D eigenvalue weighted by molar-refractivity contribution is 9.10. The van der Waals surface area contributed by atoms with Crippen LogP contribution in [0.5, 0.6) is 11.5 Å². The molecule has 2 aromatic carbocycles. The molecule has 0 spiro atoms. The van der Waals surface area contributed by atoms with Gasteiger partial charge in [0.1, 0.15) is 0 Å². The molecule has 3 rings (SSSR count). The van der Waals surface area contributed by atoms with Gasteiger partial charge in [0.2, 0.25) is 0 Å². The molecule has 106 valence electrons. The number of benzene rings is 2. The molecule has 1 unspecified atom stereocenters. The van der Waals surface area contributed by atoms with Gasteiger partial charge >= 0.3 is 6.29 Å². The van der Waals surface area contributed by atoms with Gasteiger partial charge in [-0.3, -0.25) is 0 Å². The van der Waals surface area contributed by atoms with Crippen LogP contribution in [0.4, 0.5) is 8.78 Å². The number of hydrogen-bond donors (Lipinski definition) is 0. The number of nitriles is 1. The molecule has 0 amide bonds. The van der Waals surface area contributed by atoms with Gasteiger partial charge in [-0.1, -0.05) is 34.1 Å². The minimum atomic E-state index is -3.65. The highest BCUT2D eigenvalue weighted by Crippen LogP contribution is 2.42. The van der Waals surface area contributed by atoms with Gasteiger partial charge in [0, 0.05) is 4.47 Å². The minimum Gasteiger partial charge on any atom is -0.395 e. The number of fused-ring (bicyclic) bond motifs is 1. The first-order valence-electron chi connectivity index (χ1n) is 6.03. The molecule has 0 bridgehead atoms. The summed E-state index contributed by atoms with van der Waals surface area (Å²) in [5.41, 5.74) is 1.33. The van der Waals surface area contributed by atoms with Crippen LogP contribution in [0, 0.1) is 11.3 Å². The highest BCUT2D eigenvalue weighted by Gasteiger charge is 2.43. The lowest BCUT2D eigenvalue weighted by atomic mass is 9.92. The van der Waals surface area contributed by atoms with E-state index in [1.165, 1.54) is 12.1 Å². The van der Waals surface area contributed by atoms with Crippen molar-refractivity contribution in [3.63, 3.8) is 0 Å². The molecule has 1 heterocycles.